The van der Waals surface area contributed by atoms with Gasteiger partial charge in [0.15, 0.2) is 0 Å². The molecule has 172 valence electrons. The van der Waals surface area contributed by atoms with Gasteiger partial charge in [0.1, 0.15) is 11.3 Å². The van der Waals surface area contributed by atoms with E-state index in [0.29, 0.717) is 5.69 Å². The highest BCUT2D eigenvalue weighted by atomic mass is 16.4. The summed E-state index contributed by atoms with van der Waals surface area (Å²) in [4.78, 5) is 54.7. The van der Waals surface area contributed by atoms with Crippen molar-refractivity contribution in [2.45, 2.75) is 0 Å². The third-order valence-electron chi connectivity index (χ3n) is 3.42. The van der Waals surface area contributed by atoms with E-state index in [-0.39, 0.29) is 24.4 Å². The second-order valence-corrected chi connectivity index (χ2v) is 6.08. The largest absolute Gasteiger partial charge is 0.507 e. The van der Waals surface area contributed by atoms with Gasteiger partial charge in [-0.3, -0.25) is 29.0 Å². The van der Waals surface area contributed by atoms with Crippen LogP contribution in [0.15, 0.2) is 18.2 Å². The van der Waals surface area contributed by atoms with E-state index in [9.17, 15) is 24.0 Å². The number of rotatable bonds is 12. The molecule has 0 radical (unpaired) electrons. The Balaban J connectivity index is 0.000000683. The number of carboxylic acid groups (broad SMARTS) is 5. The van der Waals surface area contributed by atoms with Gasteiger partial charge in [0.25, 0.3) is 0 Å². The van der Waals surface area contributed by atoms with Crippen LogP contribution in [0.25, 0.3) is 0 Å². The molecule has 0 aromatic heterocycles. The summed E-state index contributed by atoms with van der Waals surface area (Å²) in [7, 11) is 0. The molecule has 0 aliphatic rings. The van der Waals surface area contributed by atoms with Gasteiger partial charge in [0.05, 0.1) is 26.2 Å². The fraction of sp³-hybridized carbons (Fsp3) is 0.353. The lowest BCUT2D eigenvalue weighted by molar-refractivity contribution is -0.145. The Morgan fingerprint density at radius 1 is 0.710 bits per heavy atom. The lowest BCUT2D eigenvalue weighted by Crippen LogP contribution is -2.43. The molecule has 0 spiro atoms. The number of nitrogens with zero attached hydrogens (tertiary/aromatic N) is 2. The number of hydrogen-bond donors (Lipinski definition) is 7. The topological polar surface area (TPSA) is 239 Å². The molecule has 31 heavy (non-hydrogen) atoms. The molecule has 0 fully saturated rings. The molecule has 0 atom stereocenters. The first kappa shape index (κ1) is 27.1. The lowest BCUT2D eigenvalue weighted by atomic mass is 10.2. The van der Waals surface area contributed by atoms with Crippen molar-refractivity contribution < 1.29 is 54.6 Å². The summed E-state index contributed by atoms with van der Waals surface area (Å²) in [6.45, 7) is -2.25. The van der Waals surface area contributed by atoms with Gasteiger partial charge in [-0.05, 0) is 18.2 Å². The predicted octanol–water partition coefficient (Wildman–Crippen LogP) is -1.40. The zero-order valence-electron chi connectivity index (χ0n) is 16.2. The van der Waals surface area contributed by atoms with Gasteiger partial charge in [-0.2, -0.15) is 0 Å². The molecular formula is C17H23N3O11. The number of carbonyl (C=O) groups is 5. The van der Waals surface area contributed by atoms with Crippen LogP contribution < -0.4 is 5.73 Å². The standard InChI is InChI=1S/C10H16N2O8.C7H7NO3/c13-7(14)3-11(4-8(15)16)1-2-12(5-9(17)18)6-10(19)20;8-4-1-2-6(9)5(3-4)7(10)11/h1-6H2,(H,13,14)(H,15,16)(H,17,18)(H,19,20);1-3,9H,8H2,(H,10,11). The third-order valence-corrected chi connectivity index (χ3v) is 3.42. The molecule has 14 nitrogen and oxygen atoms in total. The number of hydrogen-bond acceptors (Lipinski definition) is 9. The Hall–Kier alpha value is -3.91. The molecule has 8 N–H and O–H groups in total. The van der Waals surface area contributed by atoms with Crippen LogP contribution in [0.3, 0.4) is 0 Å². The average Bonchev–Trinajstić information content (AvgIpc) is 2.60. The zero-order valence-corrected chi connectivity index (χ0v) is 16.2. The molecule has 0 heterocycles. The zero-order chi connectivity index (χ0) is 24.1. The summed E-state index contributed by atoms with van der Waals surface area (Å²) in [5.41, 5.74) is 5.43. The average molecular weight is 445 g/mol. The molecule has 1 rings (SSSR count). The first-order valence-electron chi connectivity index (χ1n) is 8.45. The van der Waals surface area contributed by atoms with E-state index in [0.717, 1.165) is 9.80 Å². The van der Waals surface area contributed by atoms with E-state index in [1.165, 1.54) is 18.2 Å². The van der Waals surface area contributed by atoms with Gasteiger partial charge in [-0.1, -0.05) is 0 Å². The second kappa shape index (κ2) is 13.3. The van der Waals surface area contributed by atoms with Crippen LogP contribution >= 0.6 is 0 Å². The Kier molecular flexibility index (Phi) is 11.7. The molecule has 0 aliphatic carbocycles. The molecule has 0 unspecified atom stereocenters. The fourth-order valence-corrected chi connectivity index (χ4v) is 2.20. The van der Waals surface area contributed by atoms with Gasteiger partial charge in [-0.25, -0.2) is 4.79 Å². The van der Waals surface area contributed by atoms with Crippen LogP contribution in [0.2, 0.25) is 0 Å². The number of benzene rings is 1. The second-order valence-electron chi connectivity index (χ2n) is 6.08. The van der Waals surface area contributed by atoms with Gasteiger partial charge < -0.3 is 36.4 Å². The van der Waals surface area contributed by atoms with Crippen LogP contribution in [-0.4, -0.2) is 110 Å². The molecule has 0 saturated carbocycles. The van der Waals surface area contributed by atoms with Crippen LogP contribution in [0, 0.1) is 0 Å². The van der Waals surface area contributed by atoms with E-state index in [4.69, 9.17) is 36.4 Å². The van der Waals surface area contributed by atoms with Gasteiger partial charge >= 0.3 is 29.8 Å². The Morgan fingerprint density at radius 3 is 1.32 bits per heavy atom. The number of nitrogens with two attached hydrogens (primary N) is 1. The van der Waals surface area contributed by atoms with Crippen LogP contribution in [0.1, 0.15) is 10.4 Å². The van der Waals surface area contributed by atoms with Crippen LogP contribution in [0.5, 0.6) is 5.75 Å². The van der Waals surface area contributed by atoms with E-state index in [2.05, 4.69) is 0 Å². The summed E-state index contributed by atoms with van der Waals surface area (Å²) in [6.07, 6.45) is 0. The van der Waals surface area contributed by atoms with Crippen molar-refractivity contribution in [3.8, 4) is 5.75 Å². The quantitative estimate of drug-likeness (QED) is 0.145. The molecular weight excluding hydrogens is 422 g/mol. The number of aliphatic carboxylic acids is 4. The number of aromatic carboxylic acids is 1. The molecule has 1 aromatic carbocycles. The summed E-state index contributed by atoms with van der Waals surface area (Å²) < 4.78 is 0. The smallest absolute Gasteiger partial charge is 0.339 e. The number of phenols is 1. The highest BCUT2D eigenvalue weighted by Crippen LogP contribution is 2.18. The Labute approximate surface area is 175 Å². The van der Waals surface area contributed by atoms with E-state index < -0.39 is 56.0 Å². The molecule has 1 aromatic rings. The monoisotopic (exact) mass is 445 g/mol. The van der Waals surface area contributed by atoms with E-state index in [1.54, 1.807) is 0 Å². The number of anilines is 1. The number of nitrogen functional groups attached to an aromatic ring is 1. The molecule has 0 aliphatic heterocycles. The normalized spacial score (nSPS) is 10.3. The fourth-order valence-electron chi connectivity index (χ4n) is 2.20. The third kappa shape index (κ3) is 13.0. The maximum absolute atomic E-state index is 10.6. The summed E-state index contributed by atoms with van der Waals surface area (Å²) in [6, 6.07) is 3.89. The maximum atomic E-state index is 10.6. The van der Waals surface area contributed by atoms with Gasteiger partial charge in [0.2, 0.25) is 0 Å². The first-order valence-corrected chi connectivity index (χ1v) is 8.45. The van der Waals surface area contributed by atoms with E-state index in [1.807, 2.05) is 0 Å². The molecule has 14 heteroatoms. The minimum atomic E-state index is -1.23. The van der Waals surface area contributed by atoms with E-state index >= 15 is 0 Å². The maximum Gasteiger partial charge on any atom is 0.339 e. The van der Waals surface area contributed by atoms with Crippen molar-refractivity contribution >= 4 is 35.5 Å². The highest BCUT2D eigenvalue weighted by Gasteiger charge is 2.18. The van der Waals surface area contributed by atoms with Crippen molar-refractivity contribution in [1.29, 1.82) is 0 Å². The first-order chi connectivity index (χ1) is 14.3. The highest BCUT2D eigenvalue weighted by molar-refractivity contribution is 5.91. The summed E-state index contributed by atoms with van der Waals surface area (Å²) in [5.74, 6) is -6.37. The SMILES string of the molecule is Nc1ccc(O)c(C(=O)O)c1.O=C(O)CN(CCN(CC(=O)O)CC(=O)O)CC(=O)O. The van der Waals surface area contributed by atoms with Gasteiger partial charge in [-0.15, -0.1) is 0 Å². The number of carboxylic acids is 5. The van der Waals surface area contributed by atoms with Crippen molar-refractivity contribution in [3.05, 3.63) is 23.8 Å². The Bertz CT molecular complexity index is 745. The van der Waals surface area contributed by atoms with Crippen LogP contribution in [-0.2, 0) is 19.2 Å². The molecule has 0 bridgehead atoms. The van der Waals surface area contributed by atoms with Crippen molar-refractivity contribution in [1.82, 2.24) is 9.80 Å². The number of aromatic hydroxyl groups is 1. The Morgan fingerprint density at radius 2 is 1.06 bits per heavy atom. The molecule has 0 amide bonds. The van der Waals surface area contributed by atoms with Crippen molar-refractivity contribution in [2.24, 2.45) is 0 Å². The van der Waals surface area contributed by atoms with Gasteiger partial charge in [0, 0.05) is 18.8 Å². The minimum absolute atomic E-state index is 0.0703. The van der Waals surface area contributed by atoms with Crippen molar-refractivity contribution in [2.75, 3.05) is 45.0 Å². The molecule has 0 saturated heterocycles. The predicted molar refractivity (Wildman–Crippen MR) is 103 cm³/mol. The summed E-state index contributed by atoms with van der Waals surface area (Å²) in [5, 5.41) is 51.9. The van der Waals surface area contributed by atoms with Crippen LogP contribution in [0.4, 0.5) is 5.69 Å². The minimum Gasteiger partial charge on any atom is -0.507 e. The summed E-state index contributed by atoms with van der Waals surface area (Å²) >= 11 is 0. The lowest BCUT2D eigenvalue weighted by Gasteiger charge is -2.23. The van der Waals surface area contributed by atoms with Crippen molar-refractivity contribution in [3.63, 3.8) is 0 Å².